The molecule has 0 unspecified atom stereocenters. The van der Waals surface area contributed by atoms with Crippen molar-refractivity contribution < 1.29 is 19.1 Å². The van der Waals surface area contributed by atoms with E-state index in [1.807, 2.05) is 19.9 Å². The van der Waals surface area contributed by atoms with E-state index in [-0.39, 0.29) is 6.61 Å². The van der Waals surface area contributed by atoms with E-state index in [1.54, 1.807) is 19.1 Å². The second-order valence-electron chi connectivity index (χ2n) is 3.52. The number of esters is 1. The Morgan fingerprint density at radius 3 is 2.41 bits per heavy atom. The van der Waals surface area contributed by atoms with Crippen LogP contribution in [0.4, 0.5) is 0 Å². The summed E-state index contributed by atoms with van der Waals surface area (Å²) in [5.41, 5.74) is 1.16. The summed E-state index contributed by atoms with van der Waals surface area (Å²) in [6, 6.07) is 5.00. The Labute approximate surface area is 101 Å². The highest BCUT2D eigenvalue weighted by molar-refractivity contribution is 6.40. The van der Waals surface area contributed by atoms with Gasteiger partial charge in [0.05, 0.1) is 13.2 Å². The molecule has 0 amide bonds. The van der Waals surface area contributed by atoms with Crippen LogP contribution in [0, 0.1) is 6.92 Å². The molecule has 1 aromatic rings. The van der Waals surface area contributed by atoms with Crippen LogP contribution in [0.3, 0.4) is 0 Å². The maximum atomic E-state index is 11.7. The lowest BCUT2D eigenvalue weighted by Crippen LogP contribution is -2.17. The summed E-state index contributed by atoms with van der Waals surface area (Å²) in [6.07, 6.45) is 0. The van der Waals surface area contributed by atoms with Crippen molar-refractivity contribution in [2.75, 3.05) is 13.2 Å². The first-order valence-corrected chi connectivity index (χ1v) is 5.54. The number of aryl methyl sites for hydroxylation is 1. The van der Waals surface area contributed by atoms with Gasteiger partial charge in [0.2, 0.25) is 0 Å². The van der Waals surface area contributed by atoms with Crippen molar-refractivity contribution in [1.29, 1.82) is 0 Å². The fourth-order valence-corrected chi connectivity index (χ4v) is 1.44. The predicted molar refractivity (Wildman–Crippen MR) is 63.3 cm³/mol. The van der Waals surface area contributed by atoms with Crippen LogP contribution >= 0.6 is 0 Å². The lowest BCUT2D eigenvalue weighted by molar-refractivity contribution is -0.137. The SMILES string of the molecule is CCOC(=O)C(=O)c1cc(C)cc(OCC)c1. The molecular weight excluding hydrogens is 220 g/mol. The second kappa shape index (κ2) is 6.03. The molecule has 0 aromatic heterocycles. The van der Waals surface area contributed by atoms with Crippen LogP contribution in [0.1, 0.15) is 29.8 Å². The minimum atomic E-state index is -0.833. The van der Waals surface area contributed by atoms with Crippen LogP contribution in [0.25, 0.3) is 0 Å². The number of hydrogen-bond donors (Lipinski definition) is 0. The van der Waals surface area contributed by atoms with Crippen LogP contribution < -0.4 is 4.74 Å². The quantitative estimate of drug-likeness (QED) is 0.446. The summed E-state index contributed by atoms with van der Waals surface area (Å²) in [7, 11) is 0. The summed E-state index contributed by atoms with van der Waals surface area (Å²) in [5.74, 6) is -0.891. The number of ether oxygens (including phenoxy) is 2. The van der Waals surface area contributed by atoms with Gasteiger partial charge in [-0.2, -0.15) is 0 Å². The number of carbonyl (C=O) groups is 2. The molecule has 0 aliphatic carbocycles. The molecule has 17 heavy (non-hydrogen) atoms. The van der Waals surface area contributed by atoms with Gasteiger partial charge in [0.25, 0.3) is 5.78 Å². The van der Waals surface area contributed by atoms with E-state index in [9.17, 15) is 9.59 Å². The average Bonchev–Trinajstić information content (AvgIpc) is 2.28. The van der Waals surface area contributed by atoms with Crippen LogP contribution in [0.5, 0.6) is 5.75 Å². The number of rotatable bonds is 5. The first-order valence-electron chi connectivity index (χ1n) is 5.54. The zero-order valence-corrected chi connectivity index (χ0v) is 10.3. The maximum Gasteiger partial charge on any atom is 0.379 e. The molecule has 4 heteroatoms. The highest BCUT2D eigenvalue weighted by Crippen LogP contribution is 2.17. The topological polar surface area (TPSA) is 52.6 Å². The summed E-state index contributed by atoms with van der Waals surface area (Å²) >= 11 is 0. The third-order valence-corrected chi connectivity index (χ3v) is 2.08. The minimum absolute atomic E-state index is 0.189. The number of hydrogen-bond acceptors (Lipinski definition) is 4. The van der Waals surface area contributed by atoms with Crippen LogP contribution in [-0.2, 0) is 9.53 Å². The van der Waals surface area contributed by atoms with Gasteiger partial charge < -0.3 is 9.47 Å². The van der Waals surface area contributed by atoms with Crippen molar-refractivity contribution in [3.05, 3.63) is 29.3 Å². The first kappa shape index (κ1) is 13.2. The Morgan fingerprint density at radius 1 is 1.12 bits per heavy atom. The summed E-state index contributed by atoms with van der Waals surface area (Å²) in [6.45, 7) is 6.05. The van der Waals surface area contributed by atoms with E-state index in [1.165, 1.54) is 0 Å². The minimum Gasteiger partial charge on any atom is -0.494 e. The summed E-state index contributed by atoms with van der Waals surface area (Å²) in [5, 5.41) is 0. The zero-order valence-electron chi connectivity index (χ0n) is 10.3. The lowest BCUT2D eigenvalue weighted by Gasteiger charge is -2.07. The van der Waals surface area contributed by atoms with Crippen molar-refractivity contribution in [1.82, 2.24) is 0 Å². The number of benzene rings is 1. The van der Waals surface area contributed by atoms with Crippen molar-refractivity contribution in [2.24, 2.45) is 0 Å². The highest BCUT2D eigenvalue weighted by Gasteiger charge is 2.18. The van der Waals surface area contributed by atoms with Crippen molar-refractivity contribution >= 4 is 11.8 Å². The molecule has 0 heterocycles. The summed E-state index contributed by atoms with van der Waals surface area (Å²) < 4.78 is 9.98. The van der Waals surface area contributed by atoms with Crippen LogP contribution in [0.2, 0.25) is 0 Å². The smallest absolute Gasteiger partial charge is 0.379 e. The molecule has 1 rings (SSSR count). The molecule has 1 aromatic carbocycles. The van der Waals surface area contributed by atoms with Gasteiger partial charge in [-0.3, -0.25) is 4.79 Å². The number of carbonyl (C=O) groups excluding carboxylic acids is 2. The third-order valence-electron chi connectivity index (χ3n) is 2.08. The molecule has 92 valence electrons. The van der Waals surface area contributed by atoms with E-state index < -0.39 is 11.8 Å². The third kappa shape index (κ3) is 3.59. The van der Waals surface area contributed by atoms with Gasteiger partial charge in [0, 0.05) is 5.56 Å². The average molecular weight is 236 g/mol. The van der Waals surface area contributed by atoms with Gasteiger partial charge in [-0.05, 0) is 44.5 Å². The fourth-order valence-electron chi connectivity index (χ4n) is 1.44. The van der Waals surface area contributed by atoms with Gasteiger partial charge >= 0.3 is 5.97 Å². The molecule has 0 bridgehead atoms. The van der Waals surface area contributed by atoms with Crippen molar-refractivity contribution in [2.45, 2.75) is 20.8 Å². The number of Topliss-reactive ketones (excluding diaryl/α,β-unsaturated/α-hetero) is 1. The van der Waals surface area contributed by atoms with Gasteiger partial charge in [-0.15, -0.1) is 0 Å². The molecule has 4 nitrogen and oxygen atoms in total. The normalized spacial score (nSPS) is 9.82. The molecule has 0 radical (unpaired) electrons. The lowest BCUT2D eigenvalue weighted by atomic mass is 10.1. The zero-order chi connectivity index (χ0) is 12.8. The van der Waals surface area contributed by atoms with E-state index in [0.717, 1.165) is 5.56 Å². The standard InChI is InChI=1S/C13H16O4/c1-4-16-11-7-9(3)6-10(8-11)12(14)13(15)17-5-2/h6-8H,4-5H2,1-3H3. The summed E-state index contributed by atoms with van der Waals surface area (Å²) in [4.78, 5) is 23.0. The number of ketones is 1. The van der Waals surface area contributed by atoms with E-state index >= 15 is 0 Å². The molecule has 0 aliphatic heterocycles. The highest BCUT2D eigenvalue weighted by atomic mass is 16.5. The molecule has 0 saturated heterocycles. The van der Waals surface area contributed by atoms with Crippen molar-refractivity contribution in [3.63, 3.8) is 0 Å². The molecule has 0 aliphatic rings. The Hall–Kier alpha value is -1.84. The van der Waals surface area contributed by atoms with Gasteiger partial charge in [-0.25, -0.2) is 4.79 Å². The molecular formula is C13H16O4. The Balaban J connectivity index is 2.97. The molecule has 0 N–H and O–H groups in total. The van der Waals surface area contributed by atoms with Crippen LogP contribution in [0.15, 0.2) is 18.2 Å². The Bertz CT molecular complexity index is 423. The molecule has 0 atom stereocenters. The Kier molecular flexibility index (Phi) is 4.69. The molecule has 0 fully saturated rings. The second-order valence-corrected chi connectivity index (χ2v) is 3.52. The maximum absolute atomic E-state index is 11.7. The van der Waals surface area contributed by atoms with Gasteiger partial charge in [-0.1, -0.05) is 0 Å². The van der Waals surface area contributed by atoms with E-state index in [2.05, 4.69) is 4.74 Å². The first-order chi connectivity index (χ1) is 8.08. The Morgan fingerprint density at radius 2 is 1.82 bits per heavy atom. The molecule has 0 saturated carbocycles. The van der Waals surface area contributed by atoms with Gasteiger partial charge in [0.15, 0.2) is 0 Å². The largest absolute Gasteiger partial charge is 0.494 e. The van der Waals surface area contributed by atoms with Crippen LogP contribution in [-0.4, -0.2) is 25.0 Å². The predicted octanol–water partition coefficient (Wildman–Crippen LogP) is 2.14. The van der Waals surface area contributed by atoms with Crippen molar-refractivity contribution in [3.8, 4) is 5.75 Å². The fraction of sp³-hybridized carbons (Fsp3) is 0.385. The molecule has 0 spiro atoms. The monoisotopic (exact) mass is 236 g/mol. The van der Waals surface area contributed by atoms with E-state index in [4.69, 9.17) is 4.74 Å². The van der Waals surface area contributed by atoms with Gasteiger partial charge in [0.1, 0.15) is 5.75 Å². The van der Waals surface area contributed by atoms with E-state index in [0.29, 0.717) is 17.9 Å².